The number of nitrogens with zero attached hydrogens (tertiary/aromatic N) is 1. The lowest BCUT2D eigenvalue weighted by atomic mass is 9.81. The molecule has 0 radical (unpaired) electrons. The van der Waals surface area contributed by atoms with E-state index < -0.39 is 0 Å². The van der Waals surface area contributed by atoms with Crippen LogP contribution in [-0.4, -0.2) is 23.5 Å². The fourth-order valence-electron chi connectivity index (χ4n) is 3.79. The van der Waals surface area contributed by atoms with E-state index in [0.29, 0.717) is 18.2 Å². The van der Waals surface area contributed by atoms with Crippen LogP contribution in [0.2, 0.25) is 0 Å². The molecule has 0 bridgehead atoms. The summed E-state index contributed by atoms with van der Waals surface area (Å²) in [5.41, 5.74) is 1.39. The molecule has 1 heterocycles. The molecule has 0 unspecified atom stereocenters. The Morgan fingerprint density at radius 3 is 2.80 bits per heavy atom. The zero-order chi connectivity index (χ0) is 14.1. The summed E-state index contributed by atoms with van der Waals surface area (Å²) in [4.78, 5) is 2.63. The molecule has 1 aromatic carbocycles. The lowest BCUT2D eigenvalue weighted by molar-refractivity contribution is 0.0184. The Morgan fingerprint density at radius 1 is 1.25 bits per heavy atom. The van der Waals surface area contributed by atoms with Gasteiger partial charge in [-0.15, -0.1) is 0 Å². The van der Waals surface area contributed by atoms with Crippen LogP contribution < -0.4 is 5.32 Å². The van der Waals surface area contributed by atoms with Crippen molar-refractivity contribution in [2.45, 2.75) is 57.8 Å². The summed E-state index contributed by atoms with van der Waals surface area (Å²) in [5.74, 6) is 0.842. The van der Waals surface area contributed by atoms with Crippen molar-refractivity contribution < 1.29 is 0 Å². The predicted molar refractivity (Wildman–Crippen MR) is 87.6 cm³/mol. The van der Waals surface area contributed by atoms with Crippen molar-refractivity contribution in [2.75, 3.05) is 6.54 Å². The zero-order valence-electron chi connectivity index (χ0n) is 12.5. The Balaban J connectivity index is 1.86. The number of fused-ring (bicyclic) bond motifs is 1. The van der Waals surface area contributed by atoms with Crippen molar-refractivity contribution in [1.29, 1.82) is 0 Å². The first-order chi connectivity index (χ1) is 9.65. The molecule has 0 spiro atoms. The standard InChI is InChI=1S/C17H25BrN2/c1-12(2)20-11-14-6-3-4-9-16(14)19-17(20)13-7-5-8-15(18)10-13/h5,7-8,10,12,14,16-17,19H,3-4,6,9,11H2,1-2H3/t14-,16-,17-/m1/s1. The van der Waals surface area contributed by atoms with Gasteiger partial charge < -0.3 is 0 Å². The molecule has 0 amide bonds. The minimum Gasteiger partial charge on any atom is -0.295 e. The van der Waals surface area contributed by atoms with Gasteiger partial charge in [-0.05, 0) is 50.3 Å². The maximum atomic E-state index is 3.94. The molecule has 1 saturated carbocycles. The maximum absolute atomic E-state index is 3.94. The topological polar surface area (TPSA) is 15.3 Å². The Hall–Kier alpha value is -0.380. The van der Waals surface area contributed by atoms with Crippen LogP contribution in [0.15, 0.2) is 28.7 Å². The van der Waals surface area contributed by atoms with Crippen molar-refractivity contribution in [3.63, 3.8) is 0 Å². The van der Waals surface area contributed by atoms with Gasteiger partial charge in [-0.1, -0.05) is 40.9 Å². The first-order valence-electron chi connectivity index (χ1n) is 7.92. The molecule has 3 rings (SSSR count). The summed E-state index contributed by atoms with van der Waals surface area (Å²) >= 11 is 3.61. The molecule has 2 aliphatic rings. The van der Waals surface area contributed by atoms with Gasteiger partial charge in [0.2, 0.25) is 0 Å². The highest BCUT2D eigenvalue weighted by atomic mass is 79.9. The largest absolute Gasteiger partial charge is 0.295 e. The van der Waals surface area contributed by atoms with Gasteiger partial charge in [0.1, 0.15) is 0 Å². The molecule has 1 saturated heterocycles. The smallest absolute Gasteiger partial charge is 0.0865 e. The normalized spacial score (nSPS) is 31.3. The fraction of sp³-hybridized carbons (Fsp3) is 0.647. The first-order valence-corrected chi connectivity index (χ1v) is 8.71. The van der Waals surface area contributed by atoms with Crippen molar-refractivity contribution in [3.8, 4) is 0 Å². The second-order valence-corrected chi connectivity index (χ2v) is 7.48. The summed E-state index contributed by atoms with van der Waals surface area (Å²) in [5, 5.41) is 3.94. The van der Waals surface area contributed by atoms with E-state index in [0.717, 1.165) is 5.92 Å². The number of nitrogens with one attached hydrogen (secondary N) is 1. The van der Waals surface area contributed by atoms with Gasteiger partial charge in [-0.25, -0.2) is 0 Å². The van der Waals surface area contributed by atoms with E-state index in [2.05, 4.69) is 64.3 Å². The number of rotatable bonds is 2. The summed E-state index contributed by atoms with van der Waals surface area (Å²) in [7, 11) is 0. The Morgan fingerprint density at radius 2 is 2.05 bits per heavy atom. The van der Waals surface area contributed by atoms with Crippen molar-refractivity contribution >= 4 is 15.9 Å². The molecule has 20 heavy (non-hydrogen) atoms. The lowest BCUT2D eigenvalue weighted by Gasteiger charge is -2.49. The molecule has 2 fully saturated rings. The van der Waals surface area contributed by atoms with E-state index >= 15 is 0 Å². The molecular formula is C17H25BrN2. The van der Waals surface area contributed by atoms with E-state index in [9.17, 15) is 0 Å². The minimum absolute atomic E-state index is 0.367. The van der Waals surface area contributed by atoms with Crippen LogP contribution in [0.4, 0.5) is 0 Å². The molecule has 2 nitrogen and oxygen atoms in total. The van der Waals surface area contributed by atoms with Crippen LogP contribution in [0.1, 0.15) is 51.3 Å². The third-order valence-electron chi connectivity index (χ3n) is 4.89. The quantitative estimate of drug-likeness (QED) is 0.865. The highest BCUT2D eigenvalue weighted by Gasteiger charge is 2.37. The van der Waals surface area contributed by atoms with Gasteiger partial charge in [0.25, 0.3) is 0 Å². The second-order valence-electron chi connectivity index (χ2n) is 6.57. The van der Waals surface area contributed by atoms with Gasteiger partial charge in [0.05, 0.1) is 6.17 Å². The molecule has 0 aromatic heterocycles. The van der Waals surface area contributed by atoms with E-state index in [4.69, 9.17) is 0 Å². The van der Waals surface area contributed by atoms with E-state index in [1.54, 1.807) is 0 Å². The van der Waals surface area contributed by atoms with Crippen LogP contribution in [0, 0.1) is 5.92 Å². The predicted octanol–water partition coefficient (Wildman–Crippen LogP) is 4.32. The van der Waals surface area contributed by atoms with Crippen LogP contribution in [0.5, 0.6) is 0 Å². The first kappa shape index (κ1) is 14.6. The Labute approximate surface area is 131 Å². The Bertz CT molecular complexity index is 460. The molecule has 1 aliphatic heterocycles. The third kappa shape index (κ3) is 2.95. The van der Waals surface area contributed by atoms with Crippen molar-refractivity contribution in [2.24, 2.45) is 5.92 Å². The molecule has 3 atom stereocenters. The average molecular weight is 337 g/mol. The highest BCUT2D eigenvalue weighted by molar-refractivity contribution is 9.10. The summed E-state index contributed by atoms with van der Waals surface area (Å²) < 4.78 is 1.17. The number of hydrogen-bond acceptors (Lipinski definition) is 2. The van der Waals surface area contributed by atoms with E-state index in [1.165, 1.54) is 42.3 Å². The van der Waals surface area contributed by atoms with Crippen LogP contribution in [-0.2, 0) is 0 Å². The zero-order valence-corrected chi connectivity index (χ0v) is 14.1. The van der Waals surface area contributed by atoms with Crippen molar-refractivity contribution in [1.82, 2.24) is 10.2 Å². The number of benzene rings is 1. The molecule has 110 valence electrons. The van der Waals surface area contributed by atoms with Crippen LogP contribution in [0.3, 0.4) is 0 Å². The maximum Gasteiger partial charge on any atom is 0.0865 e. The molecule has 1 aromatic rings. The SMILES string of the molecule is CC(C)N1C[C@H]2CCCC[C@H]2N[C@H]1c1cccc(Br)c1. The molecule has 1 aliphatic carbocycles. The van der Waals surface area contributed by atoms with Crippen LogP contribution in [0.25, 0.3) is 0 Å². The van der Waals surface area contributed by atoms with Gasteiger partial charge in [0, 0.05) is 23.1 Å². The monoisotopic (exact) mass is 336 g/mol. The van der Waals surface area contributed by atoms with E-state index in [1.807, 2.05) is 0 Å². The highest BCUT2D eigenvalue weighted by Crippen LogP contribution is 2.35. The van der Waals surface area contributed by atoms with Gasteiger partial charge in [0.15, 0.2) is 0 Å². The number of hydrogen-bond donors (Lipinski definition) is 1. The fourth-order valence-corrected chi connectivity index (χ4v) is 4.21. The van der Waals surface area contributed by atoms with Gasteiger partial charge in [-0.2, -0.15) is 0 Å². The summed E-state index contributed by atoms with van der Waals surface area (Å²) in [6, 6.07) is 10.1. The molecular weight excluding hydrogens is 312 g/mol. The summed E-state index contributed by atoms with van der Waals surface area (Å²) in [6.07, 6.45) is 5.91. The van der Waals surface area contributed by atoms with E-state index in [-0.39, 0.29) is 0 Å². The average Bonchev–Trinajstić information content (AvgIpc) is 2.46. The third-order valence-corrected chi connectivity index (χ3v) is 5.38. The molecule has 1 N–H and O–H groups in total. The number of halogens is 1. The lowest BCUT2D eigenvalue weighted by Crippen LogP contribution is -2.57. The summed E-state index contributed by atoms with van der Waals surface area (Å²) in [6.45, 7) is 5.87. The van der Waals surface area contributed by atoms with Gasteiger partial charge >= 0.3 is 0 Å². The van der Waals surface area contributed by atoms with Crippen LogP contribution >= 0.6 is 15.9 Å². The van der Waals surface area contributed by atoms with Gasteiger partial charge in [-0.3, -0.25) is 10.2 Å². The second kappa shape index (κ2) is 6.17. The minimum atomic E-state index is 0.367. The molecule has 3 heteroatoms. The van der Waals surface area contributed by atoms with Crippen molar-refractivity contribution in [3.05, 3.63) is 34.3 Å². The Kier molecular flexibility index (Phi) is 4.49.